The highest BCUT2D eigenvalue weighted by atomic mass is 32.2. The predicted molar refractivity (Wildman–Crippen MR) is 74.6 cm³/mol. The molecule has 0 radical (unpaired) electrons. The highest BCUT2D eigenvalue weighted by Crippen LogP contribution is 2.21. The van der Waals surface area contributed by atoms with Gasteiger partial charge in [-0.25, -0.2) is 0 Å². The average molecular weight is 293 g/mol. The largest absolute Gasteiger partial charge is 0.411 e. The van der Waals surface area contributed by atoms with Gasteiger partial charge in [-0.1, -0.05) is 11.8 Å². The van der Waals surface area contributed by atoms with E-state index >= 15 is 0 Å². The first-order chi connectivity index (χ1) is 9.92. The van der Waals surface area contributed by atoms with Crippen LogP contribution >= 0.6 is 11.8 Å². The van der Waals surface area contributed by atoms with E-state index in [-0.39, 0.29) is 0 Å². The summed E-state index contributed by atoms with van der Waals surface area (Å²) < 4.78 is 11.0. The molecule has 0 aromatic carbocycles. The van der Waals surface area contributed by atoms with Gasteiger partial charge < -0.3 is 14.1 Å². The highest BCUT2D eigenvalue weighted by Gasteiger charge is 2.14. The summed E-state index contributed by atoms with van der Waals surface area (Å²) in [6.45, 7) is 5.01. The smallest absolute Gasteiger partial charge is 0.277 e. The minimum Gasteiger partial charge on any atom is -0.411 e. The van der Waals surface area contributed by atoms with Crippen molar-refractivity contribution in [3.05, 3.63) is 24.5 Å². The molecule has 0 unspecified atom stereocenters. The monoisotopic (exact) mass is 293 g/mol. The molecule has 0 atom stereocenters. The zero-order valence-corrected chi connectivity index (χ0v) is 11.9. The SMILES string of the molecule is c1cncc(-c2nnc(SCC[NH+]3CCOCC3)o2)c1. The molecule has 0 saturated carbocycles. The Morgan fingerprint density at radius 1 is 1.25 bits per heavy atom. The molecular formula is C13H17N4O2S+. The maximum atomic E-state index is 5.63. The Bertz CT molecular complexity index is 528. The van der Waals surface area contributed by atoms with Crippen LogP contribution in [0.15, 0.2) is 34.2 Å². The Morgan fingerprint density at radius 2 is 2.15 bits per heavy atom. The molecule has 1 fully saturated rings. The number of nitrogens with one attached hydrogen (secondary N) is 1. The fraction of sp³-hybridized carbons (Fsp3) is 0.462. The van der Waals surface area contributed by atoms with Crippen molar-refractivity contribution in [2.75, 3.05) is 38.6 Å². The van der Waals surface area contributed by atoms with Crippen LogP contribution in [-0.2, 0) is 4.74 Å². The molecule has 1 saturated heterocycles. The standard InChI is InChI=1S/C13H16N4O2S/c1-2-11(10-14-3-1)12-15-16-13(19-12)20-9-6-17-4-7-18-8-5-17/h1-3,10H,4-9H2/p+1. The van der Waals surface area contributed by atoms with E-state index in [9.17, 15) is 0 Å². The molecular weight excluding hydrogens is 276 g/mol. The van der Waals surface area contributed by atoms with Gasteiger partial charge in [0.25, 0.3) is 5.22 Å². The summed E-state index contributed by atoms with van der Waals surface area (Å²) in [6.07, 6.45) is 3.44. The lowest BCUT2D eigenvalue weighted by molar-refractivity contribution is -0.905. The van der Waals surface area contributed by atoms with Crippen LogP contribution in [0.1, 0.15) is 0 Å². The number of hydrogen-bond acceptors (Lipinski definition) is 6. The third-order valence-corrected chi connectivity index (χ3v) is 4.02. The molecule has 106 valence electrons. The quantitative estimate of drug-likeness (QED) is 0.791. The second kappa shape index (κ2) is 6.83. The molecule has 3 rings (SSSR count). The van der Waals surface area contributed by atoms with Crippen molar-refractivity contribution >= 4 is 11.8 Å². The second-order valence-electron chi connectivity index (χ2n) is 4.58. The maximum Gasteiger partial charge on any atom is 0.277 e. The van der Waals surface area contributed by atoms with Gasteiger partial charge in [0.1, 0.15) is 13.1 Å². The van der Waals surface area contributed by atoms with Gasteiger partial charge in [-0.2, -0.15) is 0 Å². The first-order valence-electron chi connectivity index (χ1n) is 6.70. The summed E-state index contributed by atoms with van der Waals surface area (Å²) >= 11 is 1.61. The molecule has 7 heteroatoms. The number of quaternary nitrogens is 1. The van der Waals surface area contributed by atoms with Crippen LogP contribution in [0.2, 0.25) is 0 Å². The van der Waals surface area contributed by atoms with Crippen molar-refractivity contribution in [3.63, 3.8) is 0 Å². The molecule has 1 N–H and O–H groups in total. The summed E-state index contributed by atoms with van der Waals surface area (Å²) in [5.41, 5.74) is 0.852. The van der Waals surface area contributed by atoms with Crippen LogP contribution < -0.4 is 4.90 Å². The molecule has 2 aromatic heterocycles. The summed E-state index contributed by atoms with van der Waals surface area (Å²) in [5, 5.41) is 8.73. The van der Waals surface area contributed by atoms with E-state index in [0.717, 1.165) is 44.2 Å². The summed E-state index contributed by atoms with van der Waals surface area (Å²) in [7, 11) is 0. The van der Waals surface area contributed by atoms with Crippen LogP contribution in [0, 0.1) is 0 Å². The van der Waals surface area contributed by atoms with Gasteiger partial charge >= 0.3 is 0 Å². The molecule has 1 aliphatic heterocycles. The number of ether oxygens (including phenoxy) is 1. The van der Waals surface area contributed by atoms with Gasteiger partial charge in [-0.15, -0.1) is 10.2 Å². The maximum absolute atomic E-state index is 5.63. The molecule has 0 aliphatic carbocycles. The highest BCUT2D eigenvalue weighted by molar-refractivity contribution is 7.99. The van der Waals surface area contributed by atoms with E-state index in [1.54, 1.807) is 29.1 Å². The lowest BCUT2D eigenvalue weighted by Gasteiger charge is -2.23. The number of thioether (sulfide) groups is 1. The fourth-order valence-corrected chi connectivity index (χ4v) is 2.87. The summed E-state index contributed by atoms with van der Waals surface area (Å²) in [5.74, 6) is 1.50. The van der Waals surface area contributed by atoms with Crippen molar-refractivity contribution in [1.29, 1.82) is 0 Å². The molecule has 3 heterocycles. The number of hydrogen-bond donors (Lipinski definition) is 1. The third-order valence-electron chi connectivity index (χ3n) is 3.20. The normalized spacial score (nSPS) is 16.4. The van der Waals surface area contributed by atoms with E-state index in [1.165, 1.54) is 0 Å². The summed E-state index contributed by atoms with van der Waals surface area (Å²) in [4.78, 5) is 5.62. The van der Waals surface area contributed by atoms with Crippen molar-refractivity contribution < 1.29 is 14.1 Å². The van der Waals surface area contributed by atoms with Crippen molar-refractivity contribution in [2.24, 2.45) is 0 Å². The van der Waals surface area contributed by atoms with Crippen LogP contribution in [0.25, 0.3) is 11.5 Å². The van der Waals surface area contributed by atoms with E-state index in [0.29, 0.717) is 11.1 Å². The lowest BCUT2D eigenvalue weighted by atomic mass is 10.3. The van der Waals surface area contributed by atoms with Crippen LogP contribution in [0.3, 0.4) is 0 Å². The number of nitrogens with zero attached hydrogens (tertiary/aromatic N) is 3. The van der Waals surface area contributed by atoms with E-state index in [1.807, 2.05) is 12.1 Å². The van der Waals surface area contributed by atoms with E-state index < -0.39 is 0 Å². The minimum atomic E-state index is 0.527. The lowest BCUT2D eigenvalue weighted by Crippen LogP contribution is -3.14. The zero-order valence-electron chi connectivity index (χ0n) is 11.1. The van der Waals surface area contributed by atoms with Gasteiger partial charge in [0.2, 0.25) is 5.89 Å². The first kappa shape index (κ1) is 13.5. The van der Waals surface area contributed by atoms with Gasteiger partial charge in [0.15, 0.2) is 0 Å². The molecule has 0 bridgehead atoms. The number of morpholine rings is 1. The Labute approximate surface area is 121 Å². The molecule has 0 amide bonds. The number of rotatable bonds is 5. The molecule has 2 aromatic rings. The van der Waals surface area contributed by atoms with Crippen molar-refractivity contribution in [2.45, 2.75) is 5.22 Å². The first-order valence-corrected chi connectivity index (χ1v) is 7.68. The summed E-state index contributed by atoms with van der Waals surface area (Å²) in [6, 6.07) is 3.76. The average Bonchev–Trinajstić information content (AvgIpc) is 2.98. The molecule has 0 spiro atoms. The van der Waals surface area contributed by atoms with Gasteiger partial charge in [0, 0.05) is 12.4 Å². The molecule has 6 nitrogen and oxygen atoms in total. The Morgan fingerprint density at radius 3 is 2.95 bits per heavy atom. The molecule has 1 aliphatic rings. The second-order valence-corrected chi connectivity index (χ2v) is 5.62. The van der Waals surface area contributed by atoms with Crippen LogP contribution in [0.4, 0.5) is 0 Å². The Kier molecular flexibility index (Phi) is 4.62. The zero-order chi connectivity index (χ0) is 13.6. The van der Waals surface area contributed by atoms with Gasteiger partial charge in [-0.05, 0) is 12.1 Å². The Balaban J connectivity index is 1.50. The van der Waals surface area contributed by atoms with Gasteiger partial charge in [-0.3, -0.25) is 4.98 Å². The van der Waals surface area contributed by atoms with Crippen molar-refractivity contribution in [1.82, 2.24) is 15.2 Å². The van der Waals surface area contributed by atoms with Crippen LogP contribution in [0.5, 0.6) is 0 Å². The van der Waals surface area contributed by atoms with E-state index in [2.05, 4.69) is 15.2 Å². The number of pyridine rings is 1. The van der Waals surface area contributed by atoms with Gasteiger partial charge in [0.05, 0.1) is 31.1 Å². The Hall–Kier alpha value is -1.44. The predicted octanol–water partition coefficient (Wildman–Crippen LogP) is 0.139. The van der Waals surface area contributed by atoms with E-state index in [4.69, 9.17) is 9.15 Å². The topological polar surface area (TPSA) is 65.5 Å². The van der Waals surface area contributed by atoms with Crippen LogP contribution in [-0.4, -0.2) is 53.8 Å². The third kappa shape index (κ3) is 3.56. The fourth-order valence-electron chi connectivity index (χ4n) is 2.07. The minimum absolute atomic E-state index is 0.527. The number of aromatic nitrogens is 3. The van der Waals surface area contributed by atoms with Crippen molar-refractivity contribution in [3.8, 4) is 11.5 Å². The molecule has 20 heavy (non-hydrogen) atoms.